The maximum absolute atomic E-state index is 11.5. The van der Waals surface area contributed by atoms with Crippen molar-refractivity contribution in [2.24, 2.45) is 5.92 Å². The van der Waals surface area contributed by atoms with Crippen LogP contribution in [0.15, 0.2) is 18.2 Å². The largest absolute Gasteiger partial charge is 0.397 e. The van der Waals surface area contributed by atoms with Crippen LogP contribution in [0.2, 0.25) is 0 Å². The molecule has 0 aliphatic carbocycles. The molecule has 0 radical (unpaired) electrons. The van der Waals surface area contributed by atoms with E-state index in [1.165, 1.54) is 0 Å². The van der Waals surface area contributed by atoms with Crippen LogP contribution < -0.4 is 16.4 Å². The van der Waals surface area contributed by atoms with Crippen LogP contribution in [0.5, 0.6) is 0 Å². The first kappa shape index (κ1) is 14.1. The zero-order valence-corrected chi connectivity index (χ0v) is 12.2. The highest BCUT2D eigenvalue weighted by molar-refractivity contribution is 14.1. The van der Waals surface area contributed by atoms with Crippen molar-refractivity contribution in [3.8, 4) is 0 Å². The van der Waals surface area contributed by atoms with Gasteiger partial charge in [0.1, 0.15) is 0 Å². The van der Waals surface area contributed by atoms with Gasteiger partial charge in [-0.15, -0.1) is 0 Å². The van der Waals surface area contributed by atoms with Gasteiger partial charge in [0.15, 0.2) is 0 Å². The monoisotopic (exact) mass is 347 g/mol. The fraction of sp³-hybridized carbons (Fsp3) is 0.417. The third-order valence-corrected chi connectivity index (χ3v) is 2.83. The van der Waals surface area contributed by atoms with Crippen LogP contribution in [0, 0.1) is 9.49 Å². The maximum Gasteiger partial charge on any atom is 0.239 e. The number of benzene rings is 1. The summed E-state index contributed by atoms with van der Waals surface area (Å²) in [5.41, 5.74) is 7.29. The Bertz CT molecular complexity index is 393. The zero-order chi connectivity index (χ0) is 12.8. The first-order chi connectivity index (χ1) is 7.99. The molecule has 0 aliphatic rings. The SMILES string of the molecule is CC(C)CNC(=O)CNc1ccc(I)cc1N. The molecule has 0 heterocycles. The van der Waals surface area contributed by atoms with Gasteiger partial charge in [-0.05, 0) is 46.7 Å². The van der Waals surface area contributed by atoms with E-state index in [9.17, 15) is 4.79 Å². The average molecular weight is 347 g/mol. The number of halogens is 1. The average Bonchev–Trinajstić information content (AvgIpc) is 2.25. The van der Waals surface area contributed by atoms with E-state index in [1.807, 2.05) is 18.2 Å². The van der Waals surface area contributed by atoms with Crippen molar-refractivity contribution < 1.29 is 4.79 Å². The first-order valence-electron chi connectivity index (χ1n) is 5.54. The molecular weight excluding hydrogens is 329 g/mol. The minimum atomic E-state index is -0.0170. The summed E-state index contributed by atoms with van der Waals surface area (Å²) < 4.78 is 1.08. The lowest BCUT2D eigenvalue weighted by Crippen LogP contribution is -2.32. The van der Waals surface area contributed by atoms with Crippen molar-refractivity contribution in [2.75, 3.05) is 24.1 Å². The molecule has 1 aromatic carbocycles. The third-order valence-electron chi connectivity index (χ3n) is 2.16. The fourth-order valence-corrected chi connectivity index (χ4v) is 1.77. The number of hydrogen-bond donors (Lipinski definition) is 3. The second-order valence-corrected chi connectivity index (χ2v) is 5.53. The van der Waals surface area contributed by atoms with Crippen LogP contribution in [0.25, 0.3) is 0 Å². The molecule has 0 spiro atoms. The molecule has 94 valence electrons. The Morgan fingerprint density at radius 1 is 1.47 bits per heavy atom. The van der Waals surface area contributed by atoms with Gasteiger partial charge in [-0.25, -0.2) is 0 Å². The van der Waals surface area contributed by atoms with Gasteiger partial charge in [-0.3, -0.25) is 4.79 Å². The molecule has 0 aromatic heterocycles. The van der Waals surface area contributed by atoms with E-state index >= 15 is 0 Å². The molecule has 1 amide bonds. The smallest absolute Gasteiger partial charge is 0.239 e. The minimum Gasteiger partial charge on any atom is -0.397 e. The molecule has 0 saturated heterocycles. The molecule has 0 fully saturated rings. The normalized spacial score (nSPS) is 10.4. The minimum absolute atomic E-state index is 0.0170. The van der Waals surface area contributed by atoms with Gasteiger partial charge in [0.05, 0.1) is 17.9 Å². The Morgan fingerprint density at radius 3 is 2.76 bits per heavy atom. The van der Waals surface area contributed by atoms with Gasteiger partial charge in [-0.1, -0.05) is 13.8 Å². The predicted molar refractivity (Wildman–Crippen MR) is 79.9 cm³/mol. The molecule has 4 N–H and O–H groups in total. The van der Waals surface area contributed by atoms with E-state index in [0.29, 0.717) is 18.2 Å². The zero-order valence-electron chi connectivity index (χ0n) is 10.1. The second-order valence-electron chi connectivity index (χ2n) is 4.28. The first-order valence-corrected chi connectivity index (χ1v) is 6.62. The van der Waals surface area contributed by atoms with Crippen molar-refractivity contribution in [2.45, 2.75) is 13.8 Å². The summed E-state index contributed by atoms with van der Waals surface area (Å²) in [5.74, 6) is 0.443. The number of carbonyl (C=O) groups is 1. The number of amides is 1. The van der Waals surface area contributed by atoms with Gasteiger partial charge >= 0.3 is 0 Å². The lowest BCUT2D eigenvalue weighted by Gasteiger charge is -2.11. The number of hydrogen-bond acceptors (Lipinski definition) is 3. The van der Waals surface area contributed by atoms with Crippen LogP contribution >= 0.6 is 22.6 Å². The van der Waals surface area contributed by atoms with Crippen molar-refractivity contribution >= 4 is 39.9 Å². The fourth-order valence-electron chi connectivity index (χ4n) is 1.25. The van der Waals surface area contributed by atoms with Crippen LogP contribution in [-0.2, 0) is 4.79 Å². The Labute approximate surface area is 115 Å². The van der Waals surface area contributed by atoms with E-state index < -0.39 is 0 Å². The molecule has 0 bridgehead atoms. The molecule has 0 saturated carbocycles. The van der Waals surface area contributed by atoms with Crippen LogP contribution in [-0.4, -0.2) is 19.0 Å². The Hall–Kier alpha value is -0.980. The highest BCUT2D eigenvalue weighted by atomic mass is 127. The maximum atomic E-state index is 11.5. The van der Waals surface area contributed by atoms with E-state index in [0.717, 1.165) is 9.26 Å². The number of carbonyl (C=O) groups excluding carboxylic acids is 1. The van der Waals surface area contributed by atoms with Gasteiger partial charge in [0, 0.05) is 10.1 Å². The summed E-state index contributed by atoms with van der Waals surface area (Å²) in [6.07, 6.45) is 0. The van der Waals surface area contributed by atoms with Gasteiger partial charge in [-0.2, -0.15) is 0 Å². The van der Waals surface area contributed by atoms with Gasteiger partial charge in [0.25, 0.3) is 0 Å². The quantitative estimate of drug-likeness (QED) is 0.564. The lowest BCUT2D eigenvalue weighted by molar-refractivity contribution is -0.119. The van der Waals surface area contributed by atoms with Crippen LogP contribution in [0.3, 0.4) is 0 Å². The van der Waals surface area contributed by atoms with Crippen molar-refractivity contribution in [1.29, 1.82) is 0 Å². The number of anilines is 2. The molecule has 0 aliphatic heterocycles. The predicted octanol–water partition coefficient (Wildman–Crippen LogP) is 2.06. The van der Waals surface area contributed by atoms with E-state index in [-0.39, 0.29) is 12.5 Å². The molecule has 4 nitrogen and oxygen atoms in total. The highest BCUT2D eigenvalue weighted by Gasteiger charge is 2.04. The topological polar surface area (TPSA) is 67.2 Å². The Kier molecular flexibility index (Phi) is 5.54. The van der Waals surface area contributed by atoms with E-state index in [1.54, 1.807) is 0 Å². The molecule has 1 rings (SSSR count). The number of nitrogen functional groups attached to an aromatic ring is 1. The molecule has 0 unspecified atom stereocenters. The number of nitrogens with one attached hydrogen (secondary N) is 2. The third kappa shape index (κ3) is 5.25. The van der Waals surface area contributed by atoms with Crippen LogP contribution in [0.1, 0.15) is 13.8 Å². The van der Waals surface area contributed by atoms with Gasteiger partial charge in [0.2, 0.25) is 5.91 Å². The molecule has 1 aromatic rings. The standard InChI is InChI=1S/C12H18IN3O/c1-8(2)6-16-12(17)7-15-11-4-3-9(13)5-10(11)14/h3-5,8,15H,6-7,14H2,1-2H3,(H,16,17). The lowest BCUT2D eigenvalue weighted by atomic mass is 10.2. The summed E-state index contributed by atoms with van der Waals surface area (Å²) >= 11 is 2.20. The van der Waals surface area contributed by atoms with Crippen molar-refractivity contribution in [1.82, 2.24) is 5.32 Å². The molecule has 0 atom stereocenters. The van der Waals surface area contributed by atoms with Crippen LogP contribution in [0.4, 0.5) is 11.4 Å². The summed E-state index contributed by atoms with van der Waals surface area (Å²) in [7, 11) is 0. The van der Waals surface area contributed by atoms with Crippen molar-refractivity contribution in [3.63, 3.8) is 0 Å². The molecule has 5 heteroatoms. The second kappa shape index (κ2) is 6.68. The number of rotatable bonds is 5. The summed E-state index contributed by atoms with van der Waals surface area (Å²) in [5, 5.41) is 5.86. The van der Waals surface area contributed by atoms with Gasteiger partial charge < -0.3 is 16.4 Å². The summed E-state index contributed by atoms with van der Waals surface area (Å²) in [4.78, 5) is 11.5. The summed E-state index contributed by atoms with van der Waals surface area (Å²) in [6, 6.07) is 5.70. The Morgan fingerprint density at radius 2 is 2.18 bits per heavy atom. The highest BCUT2D eigenvalue weighted by Crippen LogP contribution is 2.20. The number of nitrogens with two attached hydrogens (primary N) is 1. The molecular formula is C12H18IN3O. The van der Waals surface area contributed by atoms with Crippen molar-refractivity contribution in [3.05, 3.63) is 21.8 Å². The Balaban J connectivity index is 2.42. The van der Waals surface area contributed by atoms with E-state index in [2.05, 4.69) is 47.1 Å². The van der Waals surface area contributed by atoms with E-state index in [4.69, 9.17) is 5.73 Å². The molecule has 17 heavy (non-hydrogen) atoms. The summed E-state index contributed by atoms with van der Waals surface area (Å²) in [6.45, 7) is 5.07.